The Kier molecular flexibility index (Phi) is 6.31. The molecule has 0 saturated carbocycles. The summed E-state index contributed by atoms with van der Waals surface area (Å²) in [5, 5.41) is 8.35. The number of rotatable bonds is 8. The van der Waals surface area contributed by atoms with Crippen LogP contribution < -0.4 is 0 Å². The highest BCUT2D eigenvalue weighted by Crippen LogP contribution is 2.17. The van der Waals surface area contributed by atoms with Gasteiger partial charge >= 0.3 is 5.97 Å². The lowest BCUT2D eigenvalue weighted by Gasteiger charge is -2.07. The summed E-state index contributed by atoms with van der Waals surface area (Å²) in [4.78, 5) is 22.4. The minimum atomic E-state index is -0.471. The summed E-state index contributed by atoms with van der Waals surface area (Å²) in [5.74, 6) is -0.187. The third kappa shape index (κ3) is 5.48. The maximum Gasteiger partial charge on any atom is 0.306 e. The smallest absolute Gasteiger partial charge is 0.306 e. The first kappa shape index (κ1) is 13.7. The van der Waals surface area contributed by atoms with Gasteiger partial charge in [0, 0.05) is 25.7 Å². The number of nitrogens with zero attached hydrogens (tertiary/aromatic N) is 1. The summed E-state index contributed by atoms with van der Waals surface area (Å²) >= 11 is 0. The van der Waals surface area contributed by atoms with Crippen LogP contribution in [0, 0.1) is 11.3 Å². The molecule has 1 aliphatic heterocycles. The van der Waals surface area contributed by atoms with Crippen LogP contribution in [0.5, 0.6) is 0 Å². The first-order chi connectivity index (χ1) is 8.24. The highest BCUT2D eigenvalue weighted by atomic mass is 16.6. The van der Waals surface area contributed by atoms with Crippen molar-refractivity contribution in [2.24, 2.45) is 0 Å². The number of esters is 1. The van der Waals surface area contributed by atoms with Gasteiger partial charge in [0.15, 0.2) is 11.9 Å². The number of carbonyl (C=O) groups is 2. The van der Waals surface area contributed by atoms with Gasteiger partial charge in [-0.25, -0.2) is 0 Å². The van der Waals surface area contributed by atoms with E-state index in [9.17, 15) is 9.59 Å². The number of ether oxygens (including phenoxy) is 1. The Morgan fingerprint density at radius 1 is 1.29 bits per heavy atom. The molecule has 0 radical (unpaired) electrons. The molecule has 0 aliphatic carbocycles. The largest absolute Gasteiger partial charge is 0.454 e. The lowest BCUT2D eigenvalue weighted by atomic mass is 10.0. The first-order valence-electron chi connectivity index (χ1n) is 6.33. The zero-order valence-corrected chi connectivity index (χ0v) is 10.1. The van der Waals surface area contributed by atoms with Gasteiger partial charge in [-0.15, -0.1) is 0 Å². The number of nitriles is 1. The lowest BCUT2D eigenvalue weighted by Crippen LogP contribution is -2.19. The summed E-state index contributed by atoms with van der Waals surface area (Å²) in [6.45, 7) is 0. The van der Waals surface area contributed by atoms with Crippen molar-refractivity contribution in [3.05, 3.63) is 0 Å². The molecular weight excluding hydrogens is 218 g/mol. The van der Waals surface area contributed by atoms with Crippen molar-refractivity contribution in [2.45, 2.75) is 63.9 Å². The van der Waals surface area contributed by atoms with Crippen molar-refractivity contribution in [3.8, 4) is 6.07 Å². The average Bonchev–Trinajstić information content (AvgIpc) is 2.74. The van der Waals surface area contributed by atoms with E-state index in [0.717, 1.165) is 32.1 Å². The van der Waals surface area contributed by atoms with E-state index < -0.39 is 6.10 Å². The fourth-order valence-corrected chi connectivity index (χ4v) is 1.95. The Morgan fingerprint density at radius 3 is 2.65 bits per heavy atom. The molecule has 1 saturated heterocycles. The van der Waals surface area contributed by atoms with Crippen molar-refractivity contribution < 1.29 is 14.3 Å². The molecule has 0 aromatic heterocycles. The summed E-state index contributed by atoms with van der Waals surface area (Å²) < 4.78 is 4.91. The predicted molar refractivity (Wildman–Crippen MR) is 62.1 cm³/mol. The van der Waals surface area contributed by atoms with Crippen molar-refractivity contribution in [1.82, 2.24) is 0 Å². The quantitative estimate of drug-likeness (QED) is 0.480. The van der Waals surface area contributed by atoms with Crippen LogP contribution in [0.4, 0.5) is 0 Å². The molecule has 0 N–H and O–H groups in total. The minimum absolute atomic E-state index is 0.0628. The highest BCUT2D eigenvalue weighted by Gasteiger charge is 2.28. The molecule has 0 amide bonds. The molecule has 1 aliphatic rings. The van der Waals surface area contributed by atoms with E-state index in [-0.39, 0.29) is 11.8 Å². The third-order valence-electron chi connectivity index (χ3n) is 2.96. The standard InChI is InChI=1S/C13H19NO3/c14-10-6-4-2-1-3-5-7-11(15)12-8-9-13(16)17-12/h12H,1-9H2. The SMILES string of the molecule is N#CCCCCCCCC(=O)C1CCC(=O)O1. The number of cyclic esters (lactones) is 1. The van der Waals surface area contributed by atoms with E-state index in [1.54, 1.807) is 0 Å². The molecule has 0 aromatic carbocycles. The Hall–Kier alpha value is -1.37. The molecule has 0 bridgehead atoms. The van der Waals surface area contributed by atoms with Crippen LogP contribution in [0.25, 0.3) is 0 Å². The van der Waals surface area contributed by atoms with Gasteiger partial charge in [0.1, 0.15) is 0 Å². The second-order valence-electron chi connectivity index (χ2n) is 4.41. The van der Waals surface area contributed by atoms with Gasteiger partial charge in [-0.1, -0.05) is 19.3 Å². The van der Waals surface area contributed by atoms with Crippen LogP contribution in [0.1, 0.15) is 57.8 Å². The van der Waals surface area contributed by atoms with Crippen LogP contribution in [-0.4, -0.2) is 17.9 Å². The second-order valence-corrected chi connectivity index (χ2v) is 4.41. The molecule has 94 valence electrons. The van der Waals surface area contributed by atoms with E-state index in [4.69, 9.17) is 10.00 Å². The van der Waals surface area contributed by atoms with Crippen molar-refractivity contribution >= 4 is 11.8 Å². The minimum Gasteiger partial charge on any atom is -0.454 e. The number of ketones is 1. The maximum absolute atomic E-state index is 11.6. The predicted octanol–water partition coefficient (Wildman–Crippen LogP) is 2.52. The fraction of sp³-hybridized carbons (Fsp3) is 0.769. The topological polar surface area (TPSA) is 67.2 Å². The zero-order valence-electron chi connectivity index (χ0n) is 10.1. The van der Waals surface area contributed by atoms with Gasteiger partial charge in [0.05, 0.1) is 6.07 Å². The van der Waals surface area contributed by atoms with Crippen LogP contribution in [0.3, 0.4) is 0 Å². The van der Waals surface area contributed by atoms with Crippen molar-refractivity contribution in [2.75, 3.05) is 0 Å². The van der Waals surface area contributed by atoms with Gasteiger partial charge in [-0.3, -0.25) is 9.59 Å². The number of unbranched alkanes of at least 4 members (excludes halogenated alkanes) is 5. The molecule has 1 fully saturated rings. The molecule has 1 unspecified atom stereocenters. The van der Waals surface area contributed by atoms with Crippen LogP contribution in [0.2, 0.25) is 0 Å². The Bertz CT molecular complexity index is 306. The van der Waals surface area contributed by atoms with Gasteiger partial charge < -0.3 is 4.74 Å². The maximum atomic E-state index is 11.6. The van der Waals surface area contributed by atoms with E-state index >= 15 is 0 Å². The average molecular weight is 237 g/mol. The number of hydrogen-bond donors (Lipinski definition) is 0. The molecule has 1 atom stereocenters. The first-order valence-corrected chi connectivity index (χ1v) is 6.33. The summed E-state index contributed by atoms with van der Waals surface area (Å²) in [6.07, 6.45) is 6.54. The molecule has 0 aromatic rings. The molecule has 1 heterocycles. The second kappa shape index (κ2) is 7.83. The molecule has 4 heteroatoms. The Balaban J connectivity index is 1.97. The summed E-state index contributed by atoms with van der Waals surface area (Å²) in [6, 6.07) is 2.12. The molecule has 1 rings (SSSR count). The summed E-state index contributed by atoms with van der Waals surface area (Å²) in [7, 11) is 0. The number of carbonyl (C=O) groups excluding carboxylic acids is 2. The third-order valence-corrected chi connectivity index (χ3v) is 2.96. The lowest BCUT2D eigenvalue weighted by molar-refractivity contribution is -0.147. The highest BCUT2D eigenvalue weighted by molar-refractivity contribution is 5.87. The molecule has 4 nitrogen and oxygen atoms in total. The van der Waals surface area contributed by atoms with Crippen molar-refractivity contribution in [3.63, 3.8) is 0 Å². The Labute approximate surface area is 102 Å². The van der Waals surface area contributed by atoms with E-state index in [1.165, 1.54) is 0 Å². The summed E-state index contributed by atoms with van der Waals surface area (Å²) in [5.41, 5.74) is 0. The van der Waals surface area contributed by atoms with Gasteiger partial charge in [0.25, 0.3) is 0 Å². The monoisotopic (exact) mass is 237 g/mol. The van der Waals surface area contributed by atoms with Crippen LogP contribution in [0.15, 0.2) is 0 Å². The van der Waals surface area contributed by atoms with E-state index in [2.05, 4.69) is 6.07 Å². The molecule has 0 spiro atoms. The van der Waals surface area contributed by atoms with Crippen LogP contribution >= 0.6 is 0 Å². The normalized spacial score (nSPS) is 18.8. The fourth-order valence-electron chi connectivity index (χ4n) is 1.95. The molecular formula is C13H19NO3. The van der Waals surface area contributed by atoms with Crippen LogP contribution in [-0.2, 0) is 14.3 Å². The van der Waals surface area contributed by atoms with Crippen molar-refractivity contribution in [1.29, 1.82) is 5.26 Å². The molecule has 17 heavy (non-hydrogen) atoms. The number of Topliss-reactive ketones (excluding diaryl/α,β-unsaturated/α-hetero) is 1. The van der Waals surface area contributed by atoms with Gasteiger partial charge in [0.2, 0.25) is 0 Å². The van der Waals surface area contributed by atoms with E-state index in [1.807, 2.05) is 0 Å². The number of hydrogen-bond acceptors (Lipinski definition) is 4. The van der Waals surface area contributed by atoms with E-state index in [0.29, 0.717) is 25.7 Å². The zero-order chi connectivity index (χ0) is 12.5. The van der Waals surface area contributed by atoms with Gasteiger partial charge in [-0.2, -0.15) is 5.26 Å². The Morgan fingerprint density at radius 2 is 2.00 bits per heavy atom. The van der Waals surface area contributed by atoms with Gasteiger partial charge in [-0.05, 0) is 12.8 Å².